The summed E-state index contributed by atoms with van der Waals surface area (Å²) in [5, 5.41) is 3.15. The highest BCUT2D eigenvalue weighted by molar-refractivity contribution is 7.89. The highest BCUT2D eigenvalue weighted by atomic mass is 32.2. The Morgan fingerprint density at radius 3 is 2.44 bits per heavy atom. The Kier molecular flexibility index (Phi) is 6.49. The largest absolute Gasteiger partial charge is 0.348 e. The van der Waals surface area contributed by atoms with Crippen LogP contribution in [0.2, 0.25) is 0 Å². The number of hydrogen-bond donors (Lipinski definition) is 2. The molecule has 0 spiro atoms. The minimum absolute atomic E-state index is 0.0438. The second-order valence-corrected chi connectivity index (χ2v) is 9.46. The van der Waals surface area contributed by atoms with Gasteiger partial charge in [0.1, 0.15) is 10.7 Å². The van der Waals surface area contributed by atoms with Gasteiger partial charge in [0.15, 0.2) is 6.04 Å². The molecular weight excluding hydrogens is 369 g/mol. The van der Waals surface area contributed by atoms with E-state index in [1.165, 1.54) is 41.8 Å². The molecule has 1 amide bonds. The molecule has 0 unspecified atom stereocenters. The molecule has 1 aliphatic heterocycles. The Morgan fingerprint density at radius 1 is 1.19 bits per heavy atom. The van der Waals surface area contributed by atoms with E-state index < -0.39 is 15.8 Å². The number of amides is 1. The summed E-state index contributed by atoms with van der Waals surface area (Å²) in [5.74, 6) is -0.685. The van der Waals surface area contributed by atoms with Gasteiger partial charge < -0.3 is 10.2 Å². The van der Waals surface area contributed by atoms with E-state index in [4.69, 9.17) is 0 Å². The lowest BCUT2D eigenvalue weighted by molar-refractivity contribution is -0.917. The SMILES string of the molecule is C[C@@H](C(=O)NC1CCCCC1)[NH+]1CCN(S(=O)(=O)c2ccccc2F)CC1. The fourth-order valence-electron chi connectivity index (χ4n) is 4.00. The molecule has 1 aliphatic carbocycles. The van der Waals surface area contributed by atoms with E-state index >= 15 is 0 Å². The molecular formula is C19H29FN3O3S+. The van der Waals surface area contributed by atoms with Crippen molar-refractivity contribution in [2.45, 2.75) is 56.0 Å². The lowest BCUT2D eigenvalue weighted by atomic mass is 9.95. The number of quaternary nitrogens is 1. The van der Waals surface area contributed by atoms with Crippen LogP contribution in [0.1, 0.15) is 39.0 Å². The van der Waals surface area contributed by atoms with Crippen molar-refractivity contribution in [1.29, 1.82) is 0 Å². The van der Waals surface area contributed by atoms with E-state index in [1.54, 1.807) is 0 Å². The molecule has 1 saturated carbocycles. The van der Waals surface area contributed by atoms with Gasteiger partial charge in [-0.15, -0.1) is 0 Å². The average Bonchev–Trinajstić information content (AvgIpc) is 2.68. The Hall–Kier alpha value is -1.51. The van der Waals surface area contributed by atoms with E-state index in [-0.39, 0.29) is 36.0 Å². The molecule has 27 heavy (non-hydrogen) atoms. The molecule has 1 aromatic carbocycles. The third-order valence-electron chi connectivity index (χ3n) is 5.78. The predicted molar refractivity (Wildman–Crippen MR) is 100 cm³/mol. The van der Waals surface area contributed by atoms with Crippen LogP contribution in [0.5, 0.6) is 0 Å². The van der Waals surface area contributed by atoms with Crippen LogP contribution >= 0.6 is 0 Å². The van der Waals surface area contributed by atoms with Crippen molar-refractivity contribution in [3.63, 3.8) is 0 Å². The van der Waals surface area contributed by atoms with E-state index in [0.29, 0.717) is 13.1 Å². The first-order chi connectivity index (χ1) is 12.9. The van der Waals surface area contributed by atoms with Crippen molar-refractivity contribution in [3.8, 4) is 0 Å². The van der Waals surface area contributed by atoms with E-state index in [1.807, 2.05) is 6.92 Å². The number of benzene rings is 1. The Labute approximate surface area is 160 Å². The quantitative estimate of drug-likeness (QED) is 0.761. The maximum atomic E-state index is 13.9. The number of nitrogens with one attached hydrogen (secondary N) is 2. The molecule has 0 aromatic heterocycles. The van der Waals surface area contributed by atoms with Crippen molar-refractivity contribution in [2.24, 2.45) is 0 Å². The van der Waals surface area contributed by atoms with Gasteiger partial charge in [-0.25, -0.2) is 12.8 Å². The van der Waals surface area contributed by atoms with E-state index in [9.17, 15) is 17.6 Å². The first-order valence-corrected chi connectivity index (χ1v) is 11.2. The smallest absolute Gasteiger partial charge is 0.278 e. The van der Waals surface area contributed by atoms with Crippen LogP contribution in [0.4, 0.5) is 4.39 Å². The van der Waals surface area contributed by atoms with Crippen molar-refractivity contribution in [3.05, 3.63) is 30.1 Å². The molecule has 6 nitrogen and oxygen atoms in total. The standard InChI is InChI=1S/C19H28FN3O3S/c1-15(19(24)21-16-7-3-2-4-8-16)22-11-13-23(14-12-22)27(25,26)18-10-6-5-9-17(18)20/h5-6,9-10,15-16H,2-4,7-8,11-14H2,1H3,(H,21,24)/p+1/t15-/m0/s1. The van der Waals surface area contributed by atoms with Crippen LogP contribution in [0.15, 0.2) is 29.2 Å². The zero-order valence-corrected chi connectivity index (χ0v) is 16.6. The summed E-state index contributed by atoms with van der Waals surface area (Å²) >= 11 is 0. The second-order valence-electron chi connectivity index (χ2n) is 7.56. The molecule has 1 atom stereocenters. The van der Waals surface area contributed by atoms with Gasteiger partial charge in [0.05, 0.1) is 26.2 Å². The summed E-state index contributed by atoms with van der Waals surface area (Å²) < 4.78 is 40.6. The lowest BCUT2D eigenvalue weighted by Crippen LogP contribution is -3.19. The number of piperazine rings is 1. The Bertz CT molecular complexity index is 757. The highest BCUT2D eigenvalue weighted by Gasteiger charge is 2.35. The van der Waals surface area contributed by atoms with Crippen molar-refractivity contribution in [2.75, 3.05) is 26.2 Å². The summed E-state index contributed by atoms with van der Waals surface area (Å²) in [6, 6.07) is 5.51. The average molecular weight is 399 g/mol. The van der Waals surface area contributed by atoms with Crippen molar-refractivity contribution in [1.82, 2.24) is 9.62 Å². The molecule has 150 valence electrons. The number of halogens is 1. The first kappa shape index (κ1) is 20.2. The molecule has 1 saturated heterocycles. The van der Waals surface area contributed by atoms with Gasteiger partial charge >= 0.3 is 0 Å². The number of carbonyl (C=O) groups is 1. The van der Waals surface area contributed by atoms with Gasteiger partial charge in [0, 0.05) is 6.04 Å². The zero-order valence-electron chi connectivity index (χ0n) is 15.8. The number of hydrogen-bond acceptors (Lipinski definition) is 3. The van der Waals surface area contributed by atoms with Crippen LogP contribution in [0.3, 0.4) is 0 Å². The van der Waals surface area contributed by atoms with Crippen LogP contribution in [0, 0.1) is 5.82 Å². The normalized spacial score (nSPS) is 21.7. The maximum Gasteiger partial charge on any atom is 0.278 e. The molecule has 0 bridgehead atoms. The van der Waals surface area contributed by atoms with Crippen molar-refractivity contribution >= 4 is 15.9 Å². The van der Waals surface area contributed by atoms with Crippen LogP contribution in [0.25, 0.3) is 0 Å². The minimum Gasteiger partial charge on any atom is -0.348 e. The number of sulfonamides is 1. The first-order valence-electron chi connectivity index (χ1n) is 9.79. The maximum absolute atomic E-state index is 13.9. The van der Waals surface area contributed by atoms with Gasteiger partial charge in [-0.3, -0.25) is 4.79 Å². The zero-order chi connectivity index (χ0) is 19.4. The van der Waals surface area contributed by atoms with Gasteiger partial charge in [-0.05, 0) is 31.9 Å². The monoisotopic (exact) mass is 398 g/mol. The van der Waals surface area contributed by atoms with E-state index in [0.717, 1.165) is 23.8 Å². The van der Waals surface area contributed by atoms with Crippen LogP contribution in [-0.4, -0.2) is 56.9 Å². The van der Waals surface area contributed by atoms with Crippen molar-refractivity contribution < 1.29 is 22.5 Å². The summed E-state index contributed by atoms with van der Waals surface area (Å²) in [5.41, 5.74) is 0. The van der Waals surface area contributed by atoms with Gasteiger partial charge in [-0.2, -0.15) is 4.31 Å². The molecule has 1 aromatic rings. The summed E-state index contributed by atoms with van der Waals surface area (Å²) in [4.78, 5) is 13.3. The Balaban J connectivity index is 1.56. The predicted octanol–water partition coefficient (Wildman–Crippen LogP) is 0.552. The second kappa shape index (κ2) is 8.67. The topological polar surface area (TPSA) is 70.9 Å². The molecule has 0 radical (unpaired) electrons. The number of carbonyl (C=O) groups excluding carboxylic acids is 1. The third kappa shape index (κ3) is 4.67. The van der Waals surface area contributed by atoms with Gasteiger partial charge in [0.25, 0.3) is 5.91 Å². The highest BCUT2D eigenvalue weighted by Crippen LogP contribution is 2.19. The van der Waals surface area contributed by atoms with E-state index in [2.05, 4.69) is 5.32 Å². The lowest BCUT2D eigenvalue weighted by Gasteiger charge is -2.35. The fourth-order valence-corrected chi connectivity index (χ4v) is 5.50. The van der Waals surface area contributed by atoms with Crippen LogP contribution in [-0.2, 0) is 14.8 Å². The van der Waals surface area contributed by atoms with Gasteiger partial charge in [-0.1, -0.05) is 31.4 Å². The van der Waals surface area contributed by atoms with Gasteiger partial charge in [0.2, 0.25) is 10.0 Å². The summed E-state index contributed by atoms with van der Waals surface area (Å²) in [6.45, 7) is 3.54. The summed E-state index contributed by atoms with van der Waals surface area (Å²) in [7, 11) is -3.84. The molecule has 8 heteroatoms. The summed E-state index contributed by atoms with van der Waals surface area (Å²) in [6.07, 6.45) is 5.66. The Morgan fingerprint density at radius 2 is 1.81 bits per heavy atom. The minimum atomic E-state index is -3.84. The van der Waals surface area contributed by atoms with Crippen LogP contribution < -0.4 is 10.2 Å². The molecule has 3 rings (SSSR count). The fraction of sp³-hybridized carbons (Fsp3) is 0.632. The number of nitrogens with zero attached hydrogens (tertiary/aromatic N) is 1. The molecule has 2 aliphatic rings. The number of rotatable bonds is 5. The molecule has 2 fully saturated rings. The molecule has 1 heterocycles. The third-order valence-corrected chi connectivity index (χ3v) is 7.71. The molecule has 2 N–H and O–H groups in total.